The minimum absolute atomic E-state index is 0.0504. The van der Waals surface area contributed by atoms with Crippen molar-refractivity contribution in [3.63, 3.8) is 0 Å². The molecule has 0 unspecified atom stereocenters. The van der Waals surface area contributed by atoms with Gasteiger partial charge in [-0.05, 0) is 24.1 Å². The van der Waals surface area contributed by atoms with Crippen molar-refractivity contribution in [2.24, 2.45) is 5.73 Å². The number of hydrogen-bond acceptors (Lipinski definition) is 2. The number of rotatable bonds is 3. The molecule has 1 aromatic carbocycles. The normalized spacial score (nSPS) is 12.5. The van der Waals surface area contributed by atoms with Crippen LogP contribution in [0.2, 0.25) is 0 Å². The highest BCUT2D eigenvalue weighted by atomic mass is 79.9. The van der Waals surface area contributed by atoms with Crippen LogP contribution in [0.25, 0.3) is 0 Å². The van der Waals surface area contributed by atoms with Gasteiger partial charge in [0.2, 0.25) is 0 Å². The largest absolute Gasteiger partial charge is 0.398 e. The van der Waals surface area contributed by atoms with Crippen LogP contribution in [0.3, 0.4) is 0 Å². The molecule has 3 heteroatoms. The molecular weight excluding hydrogens is 228 g/mol. The summed E-state index contributed by atoms with van der Waals surface area (Å²) < 4.78 is 0.972. The first-order valence-electron chi connectivity index (χ1n) is 4.06. The van der Waals surface area contributed by atoms with E-state index in [0.717, 1.165) is 22.1 Å². The molecule has 13 heavy (non-hydrogen) atoms. The Balaban J connectivity index is 2.94. The lowest BCUT2D eigenvalue weighted by molar-refractivity contribution is 0.744. The van der Waals surface area contributed by atoms with Crippen LogP contribution in [0.5, 0.6) is 0 Å². The number of benzene rings is 1. The first-order valence-corrected chi connectivity index (χ1v) is 4.86. The molecule has 0 bridgehead atoms. The summed E-state index contributed by atoms with van der Waals surface area (Å²) in [5.74, 6) is 0. The van der Waals surface area contributed by atoms with Crippen molar-refractivity contribution in [2.75, 3.05) is 5.73 Å². The zero-order valence-electron chi connectivity index (χ0n) is 7.33. The fraction of sp³-hybridized carbons (Fsp3) is 0.200. The fourth-order valence-electron chi connectivity index (χ4n) is 1.19. The molecule has 0 aliphatic rings. The number of halogens is 1. The van der Waals surface area contributed by atoms with E-state index in [1.807, 2.05) is 18.2 Å². The summed E-state index contributed by atoms with van der Waals surface area (Å²) in [6.45, 7) is 3.64. The van der Waals surface area contributed by atoms with Gasteiger partial charge in [0, 0.05) is 16.2 Å². The minimum Gasteiger partial charge on any atom is -0.398 e. The SMILES string of the molecule is C=CC[C@H](N)c1ccc(Br)cc1N. The van der Waals surface area contributed by atoms with Crippen LogP contribution in [0.1, 0.15) is 18.0 Å². The maximum Gasteiger partial charge on any atom is 0.0373 e. The highest BCUT2D eigenvalue weighted by Gasteiger charge is 2.07. The van der Waals surface area contributed by atoms with Gasteiger partial charge in [-0.15, -0.1) is 6.58 Å². The molecule has 4 N–H and O–H groups in total. The van der Waals surface area contributed by atoms with E-state index in [1.54, 1.807) is 6.08 Å². The molecule has 0 aliphatic carbocycles. The van der Waals surface area contributed by atoms with Gasteiger partial charge in [0.25, 0.3) is 0 Å². The maximum absolute atomic E-state index is 5.89. The highest BCUT2D eigenvalue weighted by molar-refractivity contribution is 9.10. The second-order valence-electron chi connectivity index (χ2n) is 2.90. The van der Waals surface area contributed by atoms with E-state index < -0.39 is 0 Å². The van der Waals surface area contributed by atoms with Crippen molar-refractivity contribution in [3.05, 3.63) is 40.9 Å². The number of nitrogens with two attached hydrogens (primary N) is 2. The Morgan fingerprint density at radius 2 is 2.23 bits per heavy atom. The average Bonchev–Trinajstić information content (AvgIpc) is 2.04. The van der Waals surface area contributed by atoms with Crippen LogP contribution in [-0.4, -0.2) is 0 Å². The third-order valence-electron chi connectivity index (χ3n) is 1.87. The quantitative estimate of drug-likeness (QED) is 0.631. The zero-order valence-corrected chi connectivity index (χ0v) is 8.92. The van der Waals surface area contributed by atoms with Crippen LogP contribution < -0.4 is 11.5 Å². The van der Waals surface area contributed by atoms with E-state index >= 15 is 0 Å². The summed E-state index contributed by atoms with van der Waals surface area (Å²) in [6.07, 6.45) is 2.54. The van der Waals surface area contributed by atoms with Crippen molar-refractivity contribution in [1.82, 2.24) is 0 Å². The number of anilines is 1. The number of nitrogen functional groups attached to an aromatic ring is 1. The van der Waals surface area contributed by atoms with Crippen molar-refractivity contribution in [1.29, 1.82) is 0 Å². The monoisotopic (exact) mass is 240 g/mol. The van der Waals surface area contributed by atoms with E-state index in [0.29, 0.717) is 0 Å². The van der Waals surface area contributed by atoms with Crippen molar-refractivity contribution < 1.29 is 0 Å². The standard InChI is InChI=1S/C10H13BrN2/c1-2-3-9(12)8-5-4-7(11)6-10(8)13/h2,4-6,9H,1,3,12-13H2/t9-/m0/s1. The van der Waals surface area contributed by atoms with Crippen molar-refractivity contribution >= 4 is 21.6 Å². The first kappa shape index (κ1) is 10.3. The Morgan fingerprint density at radius 1 is 1.54 bits per heavy atom. The topological polar surface area (TPSA) is 52.0 Å². The summed E-state index contributed by atoms with van der Waals surface area (Å²) in [4.78, 5) is 0. The van der Waals surface area contributed by atoms with Gasteiger partial charge in [-0.2, -0.15) is 0 Å². The smallest absolute Gasteiger partial charge is 0.0373 e. The molecule has 0 saturated heterocycles. The van der Waals surface area contributed by atoms with Crippen LogP contribution in [0.15, 0.2) is 35.3 Å². The minimum atomic E-state index is -0.0504. The zero-order chi connectivity index (χ0) is 9.84. The predicted octanol–water partition coefficient (Wildman–Crippen LogP) is 2.61. The molecule has 0 radical (unpaired) electrons. The van der Waals surface area contributed by atoms with Gasteiger partial charge >= 0.3 is 0 Å². The molecule has 0 amide bonds. The Morgan fingerprint density at radius 3 is 2.77 bits per heavy atom. The summed E-state index contributed by atoms with van der Waals surface area (Å²) in [6, 6.07) is 5.69. The predicted molar refractivity (Wildman–Crippen MR) is 60.3 cm³/mol. The lowest BCUT2D eigenvalue weighted by Crippen LogP contribution is -2.11. The fourth-order valence-corrected chi connectivity index (χ4v) is 1.57. The van der Waals surface area contributed by atoms with Gasteiger partial charge in [-0.1, -0.05) is 28.1 Å². The van der Waals surface area contributed by atoms with Crippen LogP contribution in [-0.2, 0) is 0 Å². The Bertz CT molecular complexity index is 310. The van der Waals surface area contributed by atoms with E-state index in [-0.39, 0.29) is 6.04 Å². The van der Waals surface area contributed by atoms with Gasteiger partial charge < -0.3 is 11.5 Å². The molecule has 2 nitrogen and oxygen atoms in total. The summed E-state index contributed by atoms with van der Waals surface area (Å²) >= 11 is 3.34. The Labute approximate surface area is 86.7 Å². The van der Waals surface area contributed by atoms with Gasteiger partial charge in [-0.3, -0.25) is 0 Å². The van der Waals surface area contributed by atoms with E-state index in [1.165, 1.54) is 0 Å². The van der Waals surface area contributed by atoms with Gasteiger partial charge in [0.05, 0.1) is 0 Å². The van der Waals surface area contributed by atoms with Crippen LogP contribution in [0, 0.1) is 0 Å². The lowest BCUT2D eigenvalue weighted by atomic mass is 10.0. The van der Waals surface area contributed by atoms with Crippen molar-refractivity contribution in [2.45, 2.75) is 12.5 Å². The van der Waals surface area contributed by atoms with Gasteiger partial charge in [-0.25, -0.2) is 0 Å². The van der Waals surface area contributed by atoms with Crippen LogP contribution >= 0.6 is 15.9 Å². The molecule has 1 atom stereocenters. The molecule has 0 aliphatic heterocycles. The third kappa shape index (κ3) is 2.57. The van der Waals surface area contributed by atoms with Gasteiger partial charge in [0.15, 0.2) is 0 Å². The molecule has 70 valence electrons. The van der Waals surface area contributed by atoms with E-state index in [2.05, 4.69) is 22.5 Å². The second kappa shape index (κ2) is 4.44. The second-order valence-corrected chi connectivity index (χ2v) is 3.82. The molecule has 0 fully saturated rings. The van der Waals surface area contributed by atoms with Gasteiger partial charge in [0.1, 0.15) is 0 Å². The highest BCUT2D eigenvalue weighted by Crippen LogP contribution is 2.24. The molecule has 0 heterocycles. The molecule has 0 aromatic heterocycles. The van der Waals surface area contributed by atoms with E-state index in [9.17, 15) is 0 Å². The molecule has 1 aromatic rings. The Hall–Kier alpha value is -0.800. The maximum atomic E-state index is 5.89. The summed E-state index contributed by atoms with van der Waals surface area (Å²) in [7, 11) is 0. The Kier molecular flexibility index (Phi) is 3.51. The summed E-state index contributed by atoms with van der Waals surface area (Å²) in [5, 5.41) is 0. The summed E-state index contributed by atoms with van der Waals surface area (Å²) in [5.41, 5.74) is 13.4. The molecule has 1 rings (SSSR count). The molecular formula is C10H13BrN2. The molecule has 0 saturated carbocycles. The molecule has 0 spiro atoms. The lowest BCUT2D eigenvalue weighted by Gasteiger charge is -2.12. The van der Waals surface area contributed by atoms with E-state index in [4.69, 9.17) is 11.5 Å². The third-order valence-corrected chi connectivity index (χ3v) is 2.36. The van der Waals surface area contributed by atoms with Crippen molar-refractivity contribution in [3.8, 4) is 0 Å². The first-order chi connectivity index (χ1) is 6.15. The number of hydrogen-bond donors (Lipinski definition) is 2. The average molecular weight is 241 g/mol. The van der Waals surface area contributed by atoms with Crippen LogP contribution in [0.4, 0.5) is 5.69 Å².